The lowest BCUT2D eigenvalue weighted by molar-refractivity contribution is -0.118. The number of aliphatic hydroxyl groups is 1. The molecule has 0 spiro atoms. The molecule has 0 aliphatic heterocycles. The fourth-order valence-electron chi connectivity index (χ4n) is 1.86. The highest BCUT2D eigenvalue weighted by Gasteiger charge is 2.10. The molecule has 2 rings (SSSR count). The molecular weight excluding hydrogens is 334 g/mol. The molecule has 0 fully saturated rings. The van der Waals surface area contributed by atoms with E-state index in [9.17, 15) is 9.90 Å². The van der Waals surface area contributed by atoms with Gasteiger partial charge >= 0.3 is 0 Å². The number of ether oxygens (including phenoxy) is 1. The van der Waals surface area contributed by atoms with Crippen LogP contribution in [-0.4, -0.2) is 17.6 Å². The van der Waals surface area contributed by atoms with Crippen molar-refractivity contribution in [1.29, 1.82) is 0 Å². The minimum atomic E-state index is -0.644. The van der Waals surface area contributed by atoms with Crippen molar-refractivity contribution in [3.63, 3.8) is 0 Å². The van der Waals surface area contributed by atoms with Gasteiger partial charge in [-0.2, -0.15) is 0 Å². The molecule has 110 valence electrons. The molecule has 1 unspecified atom stereocenters. The molecule has 1 amide bonds. The van der Waals surface area contributed by atoms with Crippen LogP contribution in [0.2, 0.25) is 0 Å². The van der Waals surface area contributed by atoms with Crippen LogP contribution in [0.4, 0.5) is 5.69 Å². The lowest BCUT2D eigenvalue weighted by Gasteiger charge is -2.13. The maximum atomic E-state index is 11.9. The summed E-state index contributed by atoms with van der Waals surface area (Å²) >= 11 is 3.34. The summed E-state index contributed by atoms with van der Waals surface area (Å²) in [6, 6.07) is 14.4. The molecule has 2 N–H and O–H groups in total. The highest BCUT2D eigenvalue weighted by atomic mass is 79.9. The predicted molar refractivity (Wildman–Crippen MR) is 85.3 cm³/mol. The molecule has 2 aromatic rings. The van der Waals surface area contributed by atoms with Gasteiger partial charge in [0.15, 0.2) is 6.61 Å². The standard InChI is InChI=1S/C16H16BrNO3/c1-11(19)14-7-2-3-8-15(14)21-10-16(20)18-13-6-4-5-12(17)9-13/h2-9,11,19H,10H2,1H3,(H,18,20). The number of carbonyl (C=O) groups is 1. The van der Waals surface area contributed by atoms with Crippen LogP contribution in [0.5, 0.6) is 5.75 Å². The topological polar surface area (TPSA) is 58.6 Å². The van der Waals surface area contributed by atoms with E-state index in [0.29, 0.717) is 17.0 Å². The fourth-order valence-corrected chi connectivity index (χ4v) is 2.26. The summed E-state index contributed by atoms with van der Waals surface area (Å²) in [6.45, 7) is 1.54. The van der Waals surface area contributed by atoms with Gasteiger partial charge in [-0.05, 0) is 31.2 Å². The van der Waals surface area contributed by atoms with Crippen LogP contribution in [-0.2, 0) is 4.79 Å². The van der Waals surface area contributed by atoms with Crippen molar-refractivity contribution in [2.45, 2.75) is 13.0 Å². The van der Waals surface area contributed by atoms with Crippen molar-refractivity contribution in [2.24, 2.45) is 0 Å². The Balaban J connectivity index is 1.95. The van der Waals surface area contributed by atoms with Crippen LogP contribution in [0.3, 0.4) is 0 Å². The second kappa shape index (κ2) is 7.24. The average Bonchev–Trinajstić information content (AvgIpc) is 2.45. The van der Waals surface area contributed by atoms with E-state index in [2.05, 4.69) is 21.2 Å². The van der Waals surface area contributed by atoms with Crippen LogP contribution in [0.1, 0.15) is 18.6 Å². The molecule has 0 radical (unpaired) electrons. The first-order valence-corrected chi connectivity index (χ1v) is 7.31. The maximum Gasteiger partial charge on any atom is 0.262 e. The smallest absolute Gasteiger partial charge is 0.262 e. The number of aliphatic hydroxyl groups excluding tert-OH is 1. The average molecular weight is 350 g/mol. The second-order valence-corrected chi connectivity index (χ2v) is 5.48. The maximum absolute atomic E-state index is 11.9. The zero-order chi connectivity index (χ0) is 15.2. The van der Waals surface area contributed by atoms with Crippen molar-refractivity contribution in [1.82, 2.24) is 0 Å². The molecule has 0 heterocycles. The van der Waals surface area contributed by atoms with Crippen LogP contribution >= 0.6 is 15.9 Å². The molecule has 0 aliphatic rings. The predicted octanol–water partition coefficient (Wildman–Crippen LogP) is 3.52. The van der Waals surface area contributed by atoms with Crippen molar-refractivity contribution in [2.75, 3.05) is 11.9 Å². The zero-order valence-electron chi connectivity index (χ0n) is 11.5. The summed E-state index contributed by atoms with van der Waals surface area (Å²) < 4.78 is 6.37. The van der Waals surface area contributed by atoms with E-state index in [1.807, 2.05) is 24.3 Å². The van der Waals surface area contributed by atoms with Crippen LogP contribution < -0.4 is 10.1 Å². The molecular formula is C16H16BrNO3. The molecule has 2 aromatic carbocycles. The van der Waals surface area contributed by atoms with Gasteiger partial charge in [0.25, 0.3) is 5.91 Å². The fraction of sp³-hybridized carbons (Fsp3) is 0.188. The van der Waals surface area contributed by atoms with E-state index >= 15 is 0 Å². The van der Waals surface area contributed by atoms with Crippen molar-refractivity contribution in [3.8, 4) is 5.75 Å². The number of hydrogen-bond acceptors (Lipinski definition) is 3. The summed E-state index contributed by atoms with van der Waals surface area (Å²) in [4.78, 5) is 11.9. The van der Waals surface area contributed by atoms with Gasteiger partial charge in [0.2, 0.25) is 0 Å². The number of benzene rings is 2. The lowest BCUT2D eigenvalue weighted by Crippen LogP contribution is -2.20. The Bertz CT molecular complexity index is 628. The SMILES string of the molecule is CC(O)c1ccccc1OCC(=O)Nc1cccc(Br)c1. The van der Waals surface area contributed by atoms with E-state index in [1.165, 1.54) is 0 Å². The zero-order valence-corrected chi connectivity index (χ0v) is 13.1. The van der Waals surface area contributed by atoms with Gasteiger partial charge in [-0.15, -0.1) is 0 Å². The van der Waals surface area contributed by atoms with Gasteiger partial charge in [-0.25, -0.2) is 0 Å². The Morgan fingerprint density at radius 2 is 2.05 bits per heavy atom. The summed E-state index contributed by atoms with van der Waals surface area (Å²) in [5.41, 5.74) is 1.36. The van der Waals surface area contributed by atoms with Crippen molar-refractivity contribution < 1.29 is 14.6 Å². The Morgan fingerprint density at radius 3 is 2.76 bits per heavy atom. The summed E-state index contributed by atoms with van der Waals surface area (Å²) in [5, 5.41) is 12.4. The molecule has 4 nitrogen and oxygen atoms in total. The molecule has 5 heteroatoms. The molecule has 0 bridgehead atoms. The van der Waals surface area contributed by atoms with Gasteiger partial charge in [-0.1, -0.05) is 40.2 Å². The number of para-hydroxylation sites is 1. The molecule has 0 saturated heterocycles. The molecule has 0 aliphatic carbocycles. The Kier molecular flexibility index (Phi) is 5.36. The first-order chi connectivity index (χ1) is 10.1. The van der Waals surface area contributed by atoms with E-state index < -0.39 is 6.10 Å². The normalized spacial score (nSPS) is 11.8. The van der Waals surface area contributed by atoms with Crippen molar-refractivity contribution in [3.05, 3.63) is 58.6 Å². The number of hydrogen-bond donors (Lipinski definition) is 2. The third-order valence-corrected chi connectivity index (χ3v) is 3.33. The van der Waals surface area contributed by atoms with Crippen LogP contribution in [0.25, 0.3) is 0 Å². The molecule has 0 aromatic heterocycles. The van der Waals surface area contributed by atoms with E-state index in [0.717, 1.165) is 4.47 Å². The highest BCUT2D eigenvalue weighted by molar-refractivity contribution is 9.10. The van der Waals surface area contributed by atoms with Gasteiger partial charge in [0.1, 0.15) is 5.75 Å². The quantitative estimate of drug-likeness (QED) is 0.868. The van der Waals surface area contributed by atoms with E-state index in [1.54, 1.807) is 31.2 Å². The van der Waals surface area contributed by atoms with Crippen LogP contribution in [0, 0.1) is 0 Å². The monoisotopic (exact) mass is 349 g/mol. The minimum absolute atomic E-state index is 0.115. The number of amides is 1. The second-order valence-electron chi connectivity index (χ2n) is 4.56. The molecule has 1 atom stereocenters. The number of rotatable bonds is 5. The Morgan fingerprint density at radius 1 is 1.29 bits per heavy atom. The molecule has 0 saturated carbocycles. The third kappa shape index (κ3) is 4.58. The highest BCUT2D eigenvalue weighted by Crippen LogP contribution is 2.24. The number of anilines is 1. The van der Waals surface area contributed by atoms with Crippen LogP contribution in [0.15, 0.2) is 53.0 Å². The summed E-state index contributed by atoms with van der Waals surface area (Å²) in [7, 11) is 0. The van der Waals surface area contributed by atoms with Gasteiger partial charge < -0.3 is 15.2 Å². The first kappa shape index (κ1) is 15.5. The summed E-state index contributed by atoms with van der Waals surface area (Å²) in [6.07, 6.45) is -0.644. The lowest BCUT2D eigenvalue weighted by atomic mass is 10.1. The van der Waals surface area contributed by atoms with Gasteiger partial charge in [0, 0.05) is 15.7 Å². The Hall–Kier alpha value is -1.85. The van der Waals surface area contributed by atoms with E-state index in [-0.39, 0.29) is 12.5 Å². The number of carbonyl (C=O) groups excluding carboxylic acids is 1. The largest absolute Gasteiger partial charge is 0.483 e. The van der Waals surface area contributed by atoms with Gasteiger partial charge in [0.05, 0.1) is 6.10 Å². The summed E-state index contributed by atoms with van der Waals surface area (Å²) in [5.74, 6) is 0.255. The molecule has 21 heavy (non-hydrogen) atoms. The minimum Gasteiger partial charge on any atom is -0.483 e. The third-order valence-electron chi connectivity index (χ3n) is 2.84. The van der Waals surface area contributed by atoms with Gasteiger partial charge in [-0.3, -0.25) is 4.79 Å². The van der Waals surface area contributed by atoms with Crippen molar-refractivity contribution >= 4 is 27.5 Å². The first-order valence-electron chi connectivity index (χ1n) is 6.51. The van der Waals surface area contributed by atoms with E-state index in [4.69, 9.17) is 4.74 Å². The number of halogens is 1. The number of nitrogens with one attached hydrogen (secondary N) is 1. The Labute approximate surface area is 131 Å².